The number of esters is 1. The number of nitrogens with one attached hydrogen (secondary N) is 1. The average Bonchev–Trinajstić information content (AvgIpc) is 3.65. The van der Waals surface area contributed by atoms with E-state index in [1.807, 2.05) is 19.9 Å². The van der Waals surface area contributed by atoms with Gasteiger partial charge in [0.25, 0.3) is 5.91 Å². The van der Waals surface area contributed by atoms with Crippen molar-refractivity contribution in [3.8, 4) is 6.07 Å². The van der Waals surface area contributed by atoms with E-state index in [9.17, 15) is 14.9 Å². The monoisotopic (exact) mass is 735 g/mol. The van der Waals surface area contributed by atoms with E-state index in [2.05, 4.69) is 76.9 Å². The molecule has 0 radical (unpaired) electrons. The lowest BCUT2D eigenvalue weighted by atomic mass is 9.92. The number of carbonyl (C=O) groups excluding carboxylic acids is 2. The maximum Gasteiger partial charge on any atom is 0.335 e. The van der Waals surface area contributed by atoms with Gasteiger partial charge in [0.1, 0.15) is 30.1 Å². The predicted molar refractivity (Wildman–Crippen MR) is 197 cm³/mol. The van der Waals surface area contributed by atoms with Crippen molar-refractivity contribution >= 4 is 40.3 Å². The van der Waals surface area contributed by atoms with Gasteiger partial charge in [0.05, 0.1) is 18.2 Å². The number of hydrogen-bond donors (Lipinski definition) is 1. The molecule has 276 valence electrons. The molecule has 0 unspecified atom stereocenters. The van der Waals surface area contributed by atoms with Gasteiger partial charge >= 0.3 is 23.1 Å². The second-order valence-corrected chi connectivity index (χ2v) is 23.7. The number of carbonyl (C=O) groups is 2. The maximum absolute atomic E-state index is 13.9. The second-order valence-electron chi connectivity index (χ2n) is 14.9. The number of aromatic nitrogens is 3. The smallest absolute Gasteiger partial charge is 0.335 e. The highest BCUT2D eigenvalue weighted by Crippen LogP contribution is 2.51. The van der Waals surface area contributed by atoms with Crippen LogP contribution in [-0.4, -0.2) is 68.5 Å². The number of nitrogens with zero attached hydrogens (tertiary/aromatic N) is 4. The minimum Gasteiger partial charge on any atom is -0.455 e. The molecule has 2 fully saturated rings. The van der Waals surface area contributed by atoms with E-state index in [0.717, 1.165) is 0 Å². The van der Waals surface area contributed by atoms with E-state index in [1.165, 1.54) is 10.8 Å². The number of hydrogen-bond acceptors (Lipinski definition) is 10. The van der Waals surface area contributed by atoms with Gasteiger partial charge in [-0.25, -0.2) is 9.50 Å². The summed E-state index contributed by atoms with van der Waals surface area (Å²) in [6, 6.07) is 14.7. The van der Waals surface area contributed by atoms with E-state index in [4.69, 9.17) is 22.4 Å². The van der Waals surface area contributed by atoms with Gasteiger partial charge in [-0.3, -0.25) is 9.59 Å². The average molecular weight is 736 g/mol. The number of amides is 1. The van der Waals surface area contributed by atoms with Crippen LogP contribution in [0, 0.1) is 17.2 Å². The molecule has 2 aliphatic heterocycles. The molecular formula is C37H53N5O7Si2. The molecule has 2 aliphatic rings. The SMILES string of the molecule is CCC(CC)C(=O)O[C@@H]1[C@@H]2O[Si](C(C)C)(C(C)C)O[Si](C(C)C)(C(C)C)OC[C@H]2O[C@@]1(C#N)c1ccc2c(NC(=O)c3ccccc3)ncnn12. The first-order chi connectivity index (χ1) is 24.2. The summed E-state index contributed by atoms with van der Waals surface area (Å²) in [7, 11) is -6.14. The van der Waals surface area contributed by atoms with Gasteiger partial charge < -0.3 is 27.8 Å². The van der Waals surface area contributed by atoms with Gasteiger partial charge in [-0.1, -0.05) is 87.4 Å². The maximum atomic E-state index is 13.9. The fraction of sp³-hybridized carbons (Fsp3) is 0.595. The van der Waals surface area contributed by atoms with Crippen LogP contribution in [0.3, 0.4) is 0 Å². The third kappa shape index (κ3) is 6.80. The van der Waals surface area contributed by atoms with Crippen LogP contribution >= 0.6 is 0 Å². The number of anilines is 1. The van der Waals surface area contributed by atoms with Gasteiger partial charge in [0.2, 0.25) is 5.60 Å². The molecule has 1 N–H and O–H groups in total. The zero-order chi connectivity index (χ0) is 37.3. The van der Waals surface area contributed by atoms with Crippen LogP contribution in [0.15, 0.2) is 48.8 Å². The Balaban J connectivity index is 1.68. The molecule has 51 heavy (non-hydrogen) atoms. The summed E-state index contributed by atoms with van der Waals surface area (Å²) in [6.07, 6.45) is -0.396. The van der Waals surface area contributed by atoms with Crippen LogP contribution < -0.4 is 5.32 Å². The van der Waals surface area contributed by atoms with E-state index < -0.39 is 47.0 Å². The summed E-state index contributed by atoms with van der Waals surface area (Å²) in [4.78, 5) is 31.4. The lowest BCUT2D eigenvalue weighted by molar-refractivity contribution is -0.165. The summed E-state index contributed by atoms with van der Waals surface area (Å²) in [5.41, 5.74) is -0.462. The molecule has 0 aliphatic carbocycles. The fourth-order valence-corrected chi connectivity index (χ4v) is 18.8. The molecule has 5 rings (SSSR count). The molecule has 0 saturated carbocycles. The summed E-state index contributed by atoms with van der Waals surface area (Å²) in [5.74, 6) is -0.913. The van der Waals surface area contributed by atoms with Gasteiger partial charge in [-0.15, -0.1) is 0 Å². The number of nitriles is 1. The van der Waals surface area contributed by atoms with Crippen molar-refractivity contribution in [1.29, 1.82) is 5.26 Å². The Morgan fingerprint density at radius 3 is 2.18 bits per heavy atom. The minimum absolute atomic E-state index is 0.00523. The normalized spacial score (nSPS) is 24.5. The van der Waals surface area contributed by atoms with Crippen LogP contribution in [0.1, 0.15) is 98.1 Å². The standard InChI is InChI=1S/C37H53N5O7Si2/c1-11-27(12-2)36(44)46-33-32-30(20-45-50(23(3)4,24(5)6)49-51(48-32,25(7)8)26(9)10)47-37(33,21-38)31-19-18-29-34(39-22-40-42(29)31)41-35(43)28-16-14-13-15-17-28/h13-19,22-27,30,32-33H,11-12,20H2,1-10H3,(H,39,40,41,43)/t30-,32-,33-,37+/m1/s1. The molecule has 2 aromatic heterocycles. The first-order valence-electron chi connectivity index (χ1n) is 18.2. The molecule has 12 nitrogen and oxygen atoms in total. The predicted octanol–water partition coefficient (Wildman–Crippen LogP) is 7.40. The Morgan fingerprint density at radius 1 is 0.980 bits per heavy atom. The van der Waals surface area contributed by atoms with Crippen molar-refractivity contribution in [2.45, 2.75) is 128 Å². The van der Waals surface area contributed by atoms with Gasteiger partial charge in [-0.2, -0.15) is 10.4 Å². The zero-order valence-electron chi connectivity index (χ0n) is 31.5. The topological polar surface area (TPSA) is 146 Å². The first-order valence-corrected chi connectivity index (χ1v) is 22.2. The van der Waals surface area contributed by atoms with E-state index in [-0.39, 0.29) is 46.4 Å². The van der Waals surface area contributed by atoms with Crippen LogP contribution in [0.25, 0.3) is 5.52 Å². The fourth-order valence-electron chi connectivity index (χ4n) is 7.63. The number of benzene rings is 1. The quantitative estimate of drug-likeness (QED) is 0.156. The van der Waals surface area contributed by atoms with E-state index in [0.29, 0.717) is 29.6 Å². The first kappa shape index (κ1) is 38.8. The largest absolute Gasteiger partial charge is 0.455 e. The van der Waals surface area contributed by atoms with Gasteiger partial charge in [-0.05, 0) is 59.3 Å². The van der Waals surface area contributed by atoms with Crippen molar-refractivity contribution in [2.24, 2.45) is 5.92 Å². The van der Waals surface area contributed by atoms with Crippen molar-refractivity contribution in [1.82, 2.24) is 14.6 Å². The van der Waals surface area contributed by atoms with Crippen molar-refractivity contribution in [3.05, 3.63) is 60.0 Å². The van der Waals surface area contributed by atoms with Crippen LogP contribution in [-0.2, 0) is 32.8 Å². The zero-order valence-corrected chi connectivity index (χ0v) is 33.5. The highest BCUT2D eigenvalue weighted by molar-refractivity contribution is 6.84. The molecule has 0 spiro atoms. The Kier molecular flexibility index (Phi) is 11.6. The molecule has 0 bridgehead atoms. The summed E-state index contributed by atoms with van der Waals surface area (Å²) in [5, 5.41) is 18.6. The van der Waals surface area contributed by atoms with Gasteiger partial charge in [0, 0.05) is 5.56 Å². The Bertz CT molecular complexity index is 1720. The molecule has 2 saturated heterocycles. The van der Waals surface area contributed by atoms with Crippen molar-refractivity contribution < 1.29 is 32.0 Å². The summed E-state index contributed by atoms with van der Waals surface area (Å²) in [6.45, 7) is 21.0. The lowest BCUT2D eigenvalue weighted by Crippen LogP contribution is -2.66. The van der Waals surface area contributed by atoms with Crippen LogP contribution in [0.2, 0.25) is 22.2 Å². The van der Waals surface area contributed by atoms with E-state index in [1.54, 1.807) is 36.4 Å². The number of ether oxygens (including phenoxy) is 2. The van der Waals surface area contributed by atoms with Crippen LogP contribution in [0.5, 0.6) is 0 Å². The lowest BCUT2D eigenvalue weighted by Gasteiger charge is -2.51. The summed E-state index contributed by atoms with van der Waals surface area (Å²) >= 11 is 0. The third-order valence-corrected chi connectivity index (χ3v) is 20.8. The second kappa shape index (κ2) is 15.3. The molecule has 1 aromatic carbocycles. The number of fused-ring (bicyclic) bond motifs is 2. The molecule has 3 aromatic rings. The molecule has 4 heterocycles. The Morgan fingerprint density at radius 2 is 1.61 bits per heavy atom. The number of rotatable bonds is 11. The highest BCUT2D eigenvalue weighted by atomic mass is 28.5. The third-order valence-electron chi connectivity index (χ3n) is 10.6. The van der Waals surface area contributed by atoms with Crippen LogP contribution in [0.4, 0.5) is 5.82 Å². The molecule has 14 heteroatoms. The van der Waals surface area contributed by atoms with Crippen molar-refractivity contribution in [2.75, 3.05) is 11.9 Å². The van der Waals surface area contributed by atoms with E-state index >= 15 is 0 Å². The van der Waals surface area contributed by atoms with Gasteiger partial charge in [0.15, 0.2) is 11.9 Å². The molecule has 4 atom stereocenters. The highest BCUT2D eigenvalue weighted by Gasteiger charge is 2.67. The molecular weight excluding hydrogens is 683 g/mol. The minimum atomic E-state index is -3.20. The molecule has 1 amide bonds. The Labute approximate surface area is 303 Å². The summed E-state index contributed by atoms with van der Waals surface area (Å²) < 4.78 is 36.6. The van der Waals surface area contributed by atoms with Crippen molar-refractivity contribution in [3.63, 3.8) is 0 Å². The Hall–Kier alpha value is -3.46.